The van der Waals surface area contributed by atoms with Gasteiger partial charge in [-0.1, -0.05) is 12.8 Å². The van der Waals surface area contributed by atoms with Crippen LogP contribution in [0.3, 0.4) is 0 Å². The van der Waals surface area contributed by atoms with Crippen LogP contribution in [0.1, 0.15) is 65.7 Å². The predicted molar refractivity (Wildman–Crippen MR) is 101 cm³/mol. The summed E-state index contributed by atoms with van der Waals surface area (Å²) in [6.45, 7) is 5.97. The average molecular weight is 386 g/mol. The normalized spacial score (nSPS) is 37.6. The number of rotatable bonds is 2. The highest BCUT2D eigenvalue weighted by Gasteiger charge is 2.38. The van der Waals surface area contributed by atoms with Crippen LogP contribution in [0, 0.1) is 11.8 Å². The number of amides is 1. The summed E-state index contributed by atoms with van der Waals surface area (Å²) in [6, 6.07) is 0.409. The fourth-order valence-corrected chi connectivity index (χ4v) is 4.27. The van der Waals surface area contributed by atoms with Gasteiger partial charge in [-0.15, -0.1) is 0 Å². The lowest BCUT2D eigenvalue weighted by Gasteiger charge is -2.30. The van der Waals surface area contributed by atoms with Crippen LogP contribution in [-0.4, -0.2) is 42.0 Å². The van der Waals surface area contributed by atoms with Gasteiger partial charge in [0.15, 0.2) is 5.96 Å². The largest absolute Gasteiger partial charge is 0.351 e. The number of hydrogen-bond acceptors (Lipinski definition) is 4. The Hall–Kier alpha value is -1.28. The van der Waals surface area contributed by atoms with Gasteiger partial charge in [0, 0.05) is 23.4 Å². The molecule has 0 aromatic carbocycles. The Morgan fingerprint density at radius 1 is 1.04 bits per heavy atom. The van der Waals surface area contributed by atoms with E-state index in [4.69, 9.17) is 4.99 Å². The van der Waals surface area contributed by atoms with Gasteiger partial charge in [0.05, 0.1) is 0 Å². The fourth-order valence-electron chi connectivity index (χ4n) is 4.27. The maximum absolute atomic E-state index is 13.7. The van der Waals surface area contributed by atoms with Crippen molar-refractivity contribution in [1.29, 1.82) is 0 Å². The van der Waals surface area contributed by atoms with Gasteiger partial charge < -0.3 is 5.32 Å². The molecule has 154 valence electrons. The molecule has 1 heterocycles. The number of alkyl halides is 2. The molecule has 1 amide bonds. The second kappa shape index (κ2) is 8.39. The topological polar surface area (TPSA) is 77.6 Å². The first-order chi connectivity index (χ1) is 12.7. The van der Waals surface area contributed by atoms with E-state index in [1.165, 1.54) is 12.8 Å². The predicted octanol–water partition coefficient (Wildman–Crippen LogP) is 2.32. The SMILES string of the molecule is CC(C)(C)N/C(=N\C1NNC2CCCCC21)NC(=O)C1CCC(F)C(F)C1. The van der Waals surface area contributed by atoms with Gasteiger partial charge in [0.1, 0.15) is 18.5 Å². The summed E-state index contributed by atoms with van der Waals surface area (Å²) >= 11 is 0. The molecule has 2 saturated carbocycles. The summed E-state index contributed by atoms with van der Waals surface area (Å²) in [6.07, 6.45) is 1.90. The maximum atomic E-state index is 13.7. The third-order valence-electron chi connectivity index (χ3n) is 5.71. The molecule has 0 spiro atoms. The number of carbonyl (C=O) groups is 1. The van der Waals surface area contributed by atoms with E-state index in [1.807, 2.05) is 20.8 Å². The Labute approximate surface area is 160 Å². The third kappa shape index (κ3) is 5.38. The van der Waals surface area contributed by atoms with Crippen LogP contribution in [0.25, 0.3) is 0 Å². The number of hydrogen-bond donors (Lipinski definition) is 4. The molecule has 0 aromatic rings. The van der Waals surface area contributed by atoms with E-state index in [0.29, 0.717) is 24.3 Å². The lowest BCUT2D eigenvalue weighted by atomic mass is 9.84. The molecule has 3 fully saturated rings. The Morgan fingerprint density at radius 3 is 2.48 bits per heavy atom. The lowest BCUT2D eigenvalue weighted by Crippen LogP contribution is -2.52. The van der Waals surface area contributed by atoms with Crippen molar-refractivity contribution in [3.8, 4) is 0 Å². The first-order valence-corrected chi connectivity index (χ1v) is 10.2. The zero-order valence-electron chi connectivity index (χ0n) is 16.5. The minimum Gasteiger partial charge on any atom is -0.351 e. The summed E-state index contributed by atoms with van der Waals surface area (Å²) in [4.78, 5) is 17.4. The van der Waals surface area contributed by atoms with E-state index in [1.54, 1.807) is 0 Å². The number of fused-ring (bicyclic) bond motifs is 1. The number of nitrogens with zero attached hydrogens (tertiary/aromatic N) is 1. The van der Waals surface area contributed by atoms with Gasteiger partial charge in [0.2, 0.25) is 5.91 Å². The molecule has 8 heteroatoms. The van der Waals surface area contributed by atoms with E-state index < -0.39 is 18.3 Å². The van der Waals surface area contributed by atoms with Gasteiger partial charge in [-0.25, -0.2) is 19.2 Å². The molecule has 3 rings (SSSR count). The molecular formula is C19H33F2N5O. The van der Waals surface area contributed by atoms with E-state index >= 15 is 0 Å². The number of nitrogens with one attached hydrogen (secondary N) is 4. The van der Waals surface area contributed by atoms with Crippen molar-refractivity contribution >= 4 is 11.9 Å². The third-order valence-corrected chi connectivity index (χ3v) is 5.71. The van der Waals surface area contributed by atoms with Crippen LogP contribution in [0.15, 0.2) is 4.99 Å². The van der Waals surface area contributed by atoms with Crippen molar-refractivity contribution in [2.45, 2.75) is 95.8 Å². The van der Waals surface area contributed by atoms with Crippen molar-refractivity contribution in [2.75, 3.05) is 0 Å². The van der Waals surface area contributed by atoms with Crippen molar-refractivity contribution in [3.05, 3.63) is 0 Å². The van der Waals surface area contributed by atoms with Crippen LogP contribution in [0.4, 0.5) is 8.78 Å². The zero-order chi connectivity index (χ0) is 19.6. The smallest absolute Gasteiger partial charge is 0.229 e. The molecule has 1 saturated heterocycles. The fraction of sp³-hybridized carbons (Fsp3) is 0.895. The molecule has 6 unspecified atom stereocenters. The van der Waals surface area contributed by atoms with E-state index in [0.717, 1.165) is 12.8 Å². The molecule has 27 heavy (non-hydrogen) atoms. The number of aliphatic imine (C=N–C) groups is 1. The van der Waals surface area contributed by atoms with E-state index in [-0.39, 0.29) is 30.5 Å². The van der Waals surface area contributed by atoms with Crippen molar-refractivity contribution < 1.29 is 13.6 Å². The number of halogens is 2. The summed E-state index contributed by atoms with van der Waals surface area (Å²) in [5.41, 5.74) is 6.27. The Morgan fingerprint density at radius 2 is 1.78 bits per heavy atom. The Balaban J connectivity index is 1.68. The Bertz CT molecular complexity index is 565. The quantitative estimate of drug-likeness (QED) is 0.435. The molecule has 0 bridgehead atoms. The maximum Gasteiger partial charge on any atom is 0.229 e. The molecule has 4 N–H and O–H groups in total. The summed E-state index contributed by atoms with van der Waals surface area (Å²) < 4.78 is 27.1. The first kappa shape index (κ1) is 20.5. The summed E-state index contributed by atoms with van der Waals surface area (Å²) in [7, 11) is 0. The molecule has 6 nitrogen and oxygen atoms in total. The molecular weight excluding hydrogens is 352 g/mol. The molecule has 0 radical (unpaired) electrons. The van der Waals surface area contributed by atoms with Crippen LogP contribution in [-0.2, 0) is 4.79 Å². The van der Waals surface area contributed by atoms with E-state index in [2.05, 4.69) is 21.5 Å². The minimum atomic E-state index is -1.56. The number of carbonyl (C=O) groups excluding carboxylic acids is 1. The highest BCUT2D eigenvalue weighted by Crippen LogP contribution is 2.31. The van der Waals surface area contributed by atoms with Crippen LogP contribution in [0.2, 0.25) is 0 Å². The molecule has 1 aliphatic heterocycles. The summed E-state index contributed by atoms with van der Waals surface area (Å²) in [5.74, 6) is -0.0114. The average Bonchev–Trinajstić information content (AvgIpc) is 2.99. The molecule has 0 aromatic heterocycles. The van der Waals surface area contributed by atoms with E-state index in [9.17, 15) is 13.6 Å². The van der Waals surface area contributed by atoms with Gasteiger partial charge >= 0.3 is 0 Å². The second-order valence-corrected chi connectivity index (χ2v) is 9.17. The van der Waals surface area contributed by atoms with Crippen molar-refractivity contribution in [2.24, 2.45) is 16.8 Å². The highest BCUT2D eigenvalue weighted by atomic mass is 19.2. The van der Waals surface area contributed by atoms with Crippen molar-refractivity contribution in [1.82, 2.24) is 21.5 Å². The van der Waals surface area contributed by atoms with Crippen LogP contribution in [0.5, 0.6) is 0 Å². The van der Waals surface area contributed by atoms with Crippen LogP contribution < -0.4 is 21.5 Å². The molecule has 6 atom stereocenters. The van der Waals surface area contributed by atoms with Gasteiger partial charge in [-0.3, -0.25) is 15.5 Å². The summed E-state index contributed by atoms with van der Waals surface area (Å²) in [5, 5.41) is 6.10. The number of hydrazine groups is 1. The minimum absolute atomic E-state index is 0.0657. The standard InChI is InChI=1S/C19H33F2N5O/c1-19(2,3)24-18(22-16-12-6-4-5-7-15(12)25-26-16)23-17(27)11-8-9-13(20)14(21)10-11/h11-16,25-26H,4-10H2,1-3H3,(H2,22,23,24,27). The lowest BCUT2D eigenvalue weighted by molar-refractivity contribution is -0.125. The monoisotopic (exact) mass is 385 g/mol. The zero-order valence-corrected chi connectivity index (χ0v) is 16.5. The molecule has 3 aliphatic rings. The Kier molecular flexibility index (Phi) is 6.35. The van der Waals surface area contributed by atoms with Gasteiger partial charge in [-0.05, 0) is 52.9 Å². The van der Waals surface area contributed by atoms with Gasteiger partial charge in [-0.2, -0.15) is 0 Å². The highest BCUT2D eigenvalue weighted by molar-refractivity contribution is 5.98. The number of guanidine groups is 1. The second-order valence-electron chi connectivity index (χ2n) is 9.17. The van der Waals surface area contributed by atoms with Crippen molar-refractivity contribution in [3.63, 3.8) is 0 Å². The van der Waals surface area contributed by atoms with Crippen LogP contribution >= 0.6 is 0 Å². The first-order valence-electron chi connectivity index (χ1n) is 10.2. The van der Waals surface area contributed by atoms with Gasteiger partial charge in [0.25, 0.3) is 0 Å². The molecule has 2 aliphatic carbocycles.